The van der Waals surface area contributed by atoms with Crippen molar-refractivity contribution in [3.63, 3.8) is 0 Å². The lowest BCUT2D eigenvalue weighted by Gasteiger charge is -2.18. The van der Waals surface area contributed by atoms with Gasteiger partial charge in [0.25, 0.3) is 5.56 Å². The summed E-state index contributed by atoms with van der Waals surface area (Å²) >= 11 is 3.43. The molecule has 0 aliphatic rings. The summed E-state index contributed by atoms with van der Waals surface area (Å²) in [6.07, 6.45) is 0.691. The maximum absolute atomic E-state index is 11.9. The SMILES string of the molecule is Nc1nc2c(ncn2CCOCP(OCOC(=O)Oc2ccccc2)OCc2cccc(Br)c2)c(=O)[nH]1. The number of H-pyrrole nitrogens is 1. The smallest absolute Gasteiger partial charge is 0.406 e. The number of nitrogen functional groups attached to an aromatic ring is 1. The van der Waals surface area contributed by atoms with Crippen LogP contribution < -0.4 is 16.0 Å². The molecule has 0 saturated carbocycles. The normalized spacial score (nSPS) is 11.9. The Morgan fingerprint density at radius 2 is 1.97 bits per heavy atom. The molecule has 0 bridgehead atoms. The van der Waals surface area contributed by atoms with Crippen LogP contribution in [-0.2, 0) is 31.7 Å². The number of hydrogen-bond acceptors (Lipinski definition) is 10. The molecule has 3 N–H and O–H groups in total. The third kappa shape index (κ3) is 8.07. The summed E-state index contributed by atoms with van der Waals surface area (Å²) in [6.45, 7) is 0.499. The van der Waals surface area contributed by atoms with Crippen LogP contribution in [0.15, 0.2) is 70.2 Å². The molecule has 2 aromatic heterocycles. The van der Waals surface area contributed by atoms with Gasteiger partial charge in [-0.25, -0.2) is 9.78 Å². The number of anilines is 1. The van der Waals surface area contributed by atoms with Crippen LogP contribution in [-0.4, -0.2) is 45.4 Å². The molecular weight excluding hydrogens is 569 g/mol. The lowest BCUT2D eigenvalue weighted by atomic mass is 10.2. The minimum absolute atomic E-state index is 0.00355. The highest BCUT2D eigenvalue weighted by atomic mass is 79.9. The molecule has 0 saturated heterocycles. The number of para-hydroxylation sites is 1. The Labute approximate surface area is 220 Å². The maximum atomic E-state index is 11.9. The van der Waals surface area contributed by atoms with Crippen molar-refractivity contribution in [1.82, 2.24) is 19.5 Å². The van der Waals surface area contributed by atoms with E-state index in [2.05, 4.69) is 30.9 Å². The van der Waals surface area contributed by atoms with Gasteiger partial charge < -0.3 is 29.0 Å². The van der Waals surface area contributed by atoms with Crippen molar-refractivity contribution in [1.29, 1.82) is 0 Å². The van der Waals surface area contributed by atoms with Crippen molar-refractivity contribution in [2.75, 3.05) is 25.5 Å². The van der Waals surface area contributed by atoms with E-state index in [1.807, 2.05) is 24.3 Å². The number of imidazole rings is 1. The zero-order valence-electron chi connectivity index (χ0n) is 19.4. The molecule has 1 atom stereocenters. The van der Waals surface area contributed by atoms with Crippen molar-refractivity contribution in [2.24, 2.45) is 0 Å². The van der Waals surface area contributed by atoms with Gasteiger partial charge in [0.2, 0.25) is 21.1 Å². The molecular formula is C23H23BrN5O7P. The van der Waals surface area contributed by atoms with E-state index in [9.17, 15) is 9.59 Å². The fraction of sp³-hybridized carbons (Fsp3) is 0.217. The van der Waals surface area contributed by atoms with Crippen LogP contribution in [0.1, 0.15) is 5.56 Å². The number of hydrogen-bond donors (Lipinski definition) is 2. The topological polar surface area (TPSA) is 153 Å². The largest absolute Gasteiger partial charge is 0.515 e. The molecule has 2 aromatic carbocycles. The Hall–Kier alpha value is -3.35. The van der Waals surface area contributed by atoms with Gasteiger partial charge in [-0.3, -0.25) is 14.3 Å². The minimum atomic E-state index is -1.58. The molecule has 0 aliphatic carbocycles. The van der Waals surface area contributed by atoms with E-state index < -0.39 is 20.1 Å². The van der Waals surface area contributed by atoms with Crippen molar-refractivity contribution in [2.45, 2.75) is 13.2 Å². The lowest BCUT2D eigenvalue weighted by molar-refractivity contribution is 0.0244. The van der Waals surface area contributed by atoms with Crippen LogP contribution in [0, 0.1) is 0 Å². The fourth-order valence-corrected chi connectivity index (χ4v) is 4.48. The molecule has 4 aromatic rings. The van der Waals surface area contributed by atoms with Gasteiger partial charge >= 0.3 is 6.16 Å². The molecule has 4 rings (SSSR count). The highest BCUT2D eigenvalue weighted by Gasteiger charge is 2.15. The van der Waals surface area contributed by atoms with Gasteiger partial charge in [0.05, 0.1) is 19.5 Å². The predicted molar refractivity (Wildman–Crippen MR) is 139 cm³/mol. The zero-order valence-corrected chi connectivity index (χ0v) is 21.9. The molecule has 14 heteroatoms. The summed E-state index contributed by atoms with van der Waals surface area (Å²) < 4.78 is 29.9. The monoisotopic (exact) mass is 591 g/mol. The van der Waals surface area contributed by atoms with Gasteiger partial charge in [-0.2, -0.15) is 4.98 Å². The summed E-state index contributed by atoms with van der Waals surface area (Å²) in [4.78, 5) is 34.4. The van der Waals surface area contributed by atoms with Crippen LogP contribution in [0.2, 0.25) is 0 Å². The molecule has 0 amide bonds. The summed E-state index contributed by atoms with van der Waals surface area (Å²) in [7, 11) is -1.58. The third-order valence-corrected chi connectivity index (χ3v) is 6.45. The van der Waals surface area contributed by atoms with E-state index in [1.54, 1.807) is 34.9 Å². The van der Waals surface area contributed by atoms with E-state index in [0.29, 0.717) is 17.9 Å². The number of rotatable bonds is 12. The van der Waals surface area contributed by atoms with E-state index in [0.717, 1.165) is 10.0 Å². The molecule has 194 valence electrons. The first-order chi connectivity index (χ1) is 18.0. The van der Waals surface area contributed by atoms with Gasteiger partial charge in [-0.15, -0.1) is 0 Å². The number of carbonyl (C=O) groups is 1. The van der Waals surface area contributed by atoms with Crippen LogP contribution in [0.4, 0.5) is 10.7 Å². The fourth-order valence-electron chi connectivity index (χ4n) is 3.07. The van der Waals surface area contributed by atoms with Crippen LogP contribution in [0.5, 0.6) is 5.75 Å². The Kier molecular flexibility index (Phi) is 9.58. The molecule has 0 spiro atoms. The van der Waals surface area contributed by atoms with Gasteiger partial charge in [0.15, 0.2) is 11.2 Å². The van der Waals surface area contributed by atoms with Crippen molar-refractivity contribution < 1.29 is 28.1 Å². The molecule has 1 unspecified atom stereocenters. The first-order valence-electron chi connectivity index (χ1n) is 10.9. The van der Waals surface area contributed by atoms with Gasteiger partial charge in [-0.1, -0.05) is 46.3 Å². The number of fused-ring (bicyclic) bond motifs is 1. The number of halogens is 1. The van der Waals surface area contributed by atoms with Gasteiger partial charge in [0, 0.05) is 11.0 Å². The first-order valence-corrected chi connectivity index (χ1v) is 13.1. The molecule has 0 radical (unpaired) electrons. The van der Waals surface area contributed by atoms with Crippen molar-refractivity contribution in [3.05, 3.63) is 81.3 Å². The zero-order chi connectivity index (χ0) is 26.0. The number of carbonyl (C=O) groups excluding carboxylic acids is 1. The number of aromatic amines is 1. The average Bonchev–Trinajstić information content (AvgIpc) is 3.28. The first kappa shape index (κ1) is 26.7. The second kappa shape index (κ2) is 13.3. The van der Waals surface area contributed by atoms with Crippen LogP contribution in [0.3, 0.4) is 0 Å². The maximum Gasteiger partial charge on any atom is 0.515 e. The van der Waals surface area contributed by atoms with Crippen molar-refractivity contribution >= 4 is 47.6 Å². The highest BCUT2D eigenvalue weighted by Crippen LogP contribution is 2.39. The number of aromatic nitrogens is 4. The number of nitrogens with one attached hydrogen (secondary N) is 1. The van der Waals surface area contributed by atoms with Crippen LogP contribution in [0.25, 0.3) is 11.2 Å². The summed E-state index contributed by atoms with van der Waals surface area (Å²) in [6, 6.07) is 16.2. The Balaban J connectivity index is 1.29. The highest BCUT2D eigenvalue weighted by molar-refractivity contribution is 9.10. The van der Waals surface area contributed by atoms with Gasteiger partial charge in [0.1, 0.15) is 12.1 Å². The second-order valence-corrected chi connectivity index (χ2v) is 9.75. The van der Waals surface area contributed by atoms with E-state index in [1.165, 1.54) is 6.33 Å². The standard InChI is InChI=1S/C23H23BrN5O7P/c24-17-6-4-5-16(11-17)12-34-37(35-14-33-23(31)36-18-7-2-1-3-8-18)15-32-10-9-29-13-26-19-20(29)27-22(25)28-21(19)30/h1-8,11,13H,9-10,12,14-15H2,(H3,25,27,28,30). The van der Waals surface area contributed by atoms with E-state index in [-0.39, 0.29) is 37.8 Å². The quantitative estimate of drug-likeness (QED) is 0.0807. The molecule has 0 fully saturated rings. The Morgan fingerprint density at radius 1 is 1.14 bits per heavy atom. The second-order valence-electron chi connectivity index (χ2n) is 7.39. The number of nitrogens with zero attached hydrogens (tertiary/aromatic N) is 3. The number of benzene rings is 2. The third-order valence-electron chi connectivity index (χ3n) is 4.75. The number of ether oxygens (including phenoxy) is 3. The molecule has 37 heavy (non-hydrogen) atoms. The molecule has 12 nitrogen and oxygen atoms in total. The van der Waals surface area contributed by atoms with Gasteiger partial charge in [-0.05, 0) is 29.8 Å². The number of nitrogens with two attached hydrogens (primary N) is 1. The predicted octanol–water partition coefficient (Wildman–Crippen LogP) is 4.16. The Bertz CT molecular complexity index is 1380. The molecule has 0 aliphatic heterocycles. The average molecular weight is 592 g/mol. The van der Waals surface area contributed by atoms with Crippen molar-refractivity contribution in [3.8, 4) is 5.75 Å². The lowest BCUT2D eigenvalue weighted by Crippen LogP contribution is -2.14. The van der Waals surface area contributed by atoms with E-state index >= 15 is 0 Å². The summed E-state index contributed by atoms with van der Waals surface area (Å²) in [5.41, 5.74) is 6.70. The summed E-state index contributed by atoms with van der Waals surface area (Å²) in [5, 5.41) is 0. The molecule has 2 heterocycles. The summed E-state index contributed by atoms with van der Waals surface area (Å²) in [5.74, 6) is 0.359. The van der Waals surface area contributed by atoms with Crippen LogP contribution >= 0.6 is 24.3 Å². The minimum Gasteiger partial charge on any atom is -0.406 e. The van der Waals surface area contributed by atoms with E-state index in [4.69, 9.17) is 29.0 Å². The Morgan fingerprint density at radius 3 is 2.78 bits per heavy atom.